The van der Waals surface area contributed by atoms with Crippen molar-refractivity contribution in [3.05, 3.63) is 34.9 Å². The second-order valence-electron chi connectivity index (χ2n) is 3.89. The minimum absolute atomic E-state index is 0.640. The molecule has 0 fully saturated rings. The van der Waals surface area contributed by atoms with Crippen LogP contribution in [0.2, 0.25) is 0 Å². The predicted octanol–water partition coefficient (Wildman–Crippen LogP) is 2.34. The first kappa shape index (κ1) is 13.2. The summed E-state index contributed by atoms with van der Waals surface area (Å²) in [7, 11) is 0. The lowest BCUT2D eigenvalue weighted by atomic mass is 9.99. The molecule has 2 amide bonds. The van der Waals surface area contributed by atoms with Crippen LogP contribution >= 0.6 is 0 Å². The van der Waals surface area contributed by atoms with E-state index in [-0.39, 0.29) is 0 Å². The Bertz CT molecular complexity index is 438. The summed E-state index contributed by atoms with van der Waals surface area (Å²) in [5.74, 6) is 0. The van der Waals surface area contributed by atoms with E-state index >= 15 is 0 Å². The maximum absolute atomic E-state index is 10.6. The molecule has 3 N–H and O–H groups in total. The third kappa shape index (κ3) is 3.59. The Hall–Kier alpha value is -1.84. The summed E-state index contributed by atoms with van der Waals surface area (Å²) >= 11 is 0. The van der Waals surface area contributed by atoms with Crippen LogP contribution in [-0.2, 0) is 6.42 Å². The quantitative estimate of drug-likeness (QED) is 0.608. The van der Waals surface area contributed by atoms with Gasteiger partial charge in [0, 0.05) is 5.56 Å². The monoisotopic (exact) mass is 233 g/mol. The van der Waals surface area contributed by atoms with Crippen LogP contribution in [0.1, 0.15) is 37.0 Å². The zero-order chi connectivity index (χ0) is 12.8. The number of carbonyl (C=O) groups excluding carboxylic acids is 1. The number of amides is 2. The molecule has 0 aliphatic rings. The van der Waals surface area contributed by atoms with Crippen molar-refractivity contribution in [3.63, 3.8) is 0 Å². The summed E-state index contributed by atoms with van der Waals surface area (Å²) in [6, 6.07) is 5.63. The standard InChI is InChI=1S/C13H19N3O/c1-4-10-6-7-11(9(3)8-10)12(5-2)15-16-13(14)17/h6-8H,4-5H2,1-3H3,(H3,14,16,17)/b15-12+. The van der Waals surface area contributed by atoms with Gasteiger partial charge < -0.3 is 5.73 Å². The van der Waals surface area contributed by atoms with E-state index < -0.39 is 6.03 Å². The molecule has 0 aliphatic carbocycles. The second kappa shape index (κ2) is 6.03. The number of primary amides is 1. The van der Waals surface area contributed by atoms with Crippen LogP contribution in [-0.4, -0.2) is 11.7 Å². The molecule has 0 saturated carbocycles. The minimum atomic E-state index is -0.640. The third-order valence-electron chi connectivity index (χ3n) is 2.65. The maximum Gasteiger partial charge on any atom is 0.332 e. The molecule has 0 atom stereocenters. The summed E-state index contributed by atoms with van der Waals surface area (Å²) in [5, 5.41) is 4.02. The van der Waals surface area contributed by atoms with Crippen LogP contribution in [0.15, 0.2) is 23.3 Å². The zero-order valence-corrected chi connectivity index (χ0v) is 10.6. The van der Waals surface area contributed by atoms with Crippen molar-refractivity contribution in [1.82, 2.24) is 5.43 Å². The van der Waals surface area contributed by atoms with Crippen LogP contribution in [0.5, 0.6) is 0 Å². The number of nitrogens with one attached hydrogen (secondary N) is 1. The molecule has 0 aromatic heterocycles. The Labute approximate surface area is 102 Å². The van der Waals surface area contributed by atoms with Gasteiger partial charge in [-0.1, -0.05) is 32.0 Å². The van der Waals surface area contributed by atoms with E-state index in [2.05, 4.69) is 29.6 Å². The first-order valence-electron chi connectivity index (χ1n) is 5.80. The maximum atomic E-state index is 10.6. The lowest BCUT2D eigenvalue weighted by molar-refractivity contribution is 0.249. The van der Waals surface area contributed by atoms with Crippen LogP contribution in [0.25, 0.3) is 0 Å². The van der Waals surface area contributed by atoms with Crippen molar-refractivity contribution in [3.8, 4) is 0 Å². The van der Waals surface area contributed by atoms with E-state index in [9.17, 15) is 4.79 Å². The topological polar surface area (TPSA) is 67.5 Å². The van der Waals surface area contributed by atoms with Gasteiger partial charge in [-0.05, 0) is 30.9 Å². The van der Waals surface area contributed by atoms with Gasteiger partial charge in [-0.2, -0.15) is 5.10 Å². The van der Waals surface area contributed by atoms with Gasteiger partial charge in [-0.25, -0.2) is 10.2 Å². The molecule has 17 heavy (non-hydrogen) atoms. The molecule has 4 nitrogen and oxygen atoms in total. The van der Waals surface area contributed by atoms with Gasteiger partial charge in [0.2, 0.25) is 0 Å². The highest BCUT2D eigenvalue weighted by Crippen LogP contribution is 2.14. The summed E-state index contributed by atoms with van der Waals surface area (Å²) in [6.07, 6.45) is 1.76. The van der Waals surface area contributed by atoms with Crippen LogP contribution in [0.3, 0.4) is 0 Å². The fourth-order valence-electron chi connectivity index (χ4n) is 1.72. The van der Waals surface area contributed by atoms with E-state index in [1.807, 2.05) is 19.9 Å². The highest BCUT2D eigenvalue weighted by Gasteiger charge is 2.06. The average molecular weight is 233 g/mol. The molecule has 0 aliphatic heterocycles. The Morgan fingerprint density at radius 1 is 1.41 bits per heavy atom. The van der Waals surface area contributed by atoms with Gasteiger partial charge in [-0.3, -0.25) is 0 Å². The molecule has 0 spiro atoms. The first-order chi connectivity index (χ1) is 8.08. The van der Waals surface area contributed by atoms with Gasteiger partial charge in [0.05, 0.1) is 5.71 Å². The lowest BCUT2D eigenvalue weighted by Gasteiger charge is -2.09. The van der Waals surface area contributed by atoms with E-state index in [1.165, 1.54) is 5.56 Å². The molecule has 92 valence electrons. The molecular weight excluding hydrogens is 214 g/mol. The largest absolute Gasteiger partial charge is 0.350 e. The molecule has 0 saturated heterocycles. The average Bonchev–Trinajstić information content (AvgIpc) is 2.31. The molecule has 4 heteroatoms. The Morgan fingerprint density at radius 3 is 2.59 bits per heavy atom. The van der Waals surface area contributed by atoms with Gasteiger partial charge >= 0.3 is 6.03 Å². The van der Waals surface area contributed by atoms with Crippen molar-refractivity contribution >= 4 is 11.7 Å². The molecule has 1 rings (SSSR count). The van der Waals surface area contributed by atoms with Crippen LogP contribution in [0.4, 0.5) is 4.79 Å². The lowest BCUT2D eigenvalue weighted by Crippen LogP contribution is -2.26. The van der Waals surface area contributed by atoms with Crippen LogP contribution < -0.4 is 11.2 Å². The smallest absolute Gasteiger partial charge is 0.332 e. The molecule has 0 unspecified atom stereocenters. The molecular formula is C13H19N3O. The second-order valence-corrected chi connectivity index (χ2v) is 3.89. The Balaban J connectivity index is 3.04. The Morgan fingerprint density at radius 2 is 2.12 bits per heavy atom. The summed E-state index contributed by atoms with van der Waals surface area (Å²) < 4.78 is 0. The van der Waals surface area contributed by atoms with Gasteiger partial charge in [0.25, 0.3) is 0 Å². The number of hydrogen-bond acceptors (Lipinski definition) is 2. The number of benzene rings is 1. The van der Waals surface area contributed by atoms with Crippen molar-refractivity contribution < 1.29 is 4.79 Å². The molecule has 0 bridgehead atoms. The van der Waals surface area contributed by atoms with Gasteiger partial charge in [0.15, 0.2) is 0 Å². The number of aryl methyl sites for hydroxylation is 2. The number of carbonyl (C=O) groups is 1. The molecule has 1 aromatic rings. The van der Waals surface area contributed by atoms with Crippen molar-refractivity contribution in [2.24, 2.45) is 10.8 Å². The van der Waals surface area contributed by atoms with Crippen LogP contribution in [0, 0.1) is 6.92 Å². The van der Waals surface area contributed by atoms with Crippen molar-refractivity contribution in [2.75, 3.05) is 0 Å². The van der Waals surface area contributed by atoms with Gasteiger partial charge in [-0.15, -0.1) is 0 Å². The van der Waals surface area contributed by atoms with Crippen molar-refractivity contribution in [1.29, 1.82) is 0 Å². The first-order valence-corrected chi connectivity index (χ1v) is 5.80. The SMILES string of the molecule is CC/C(=N\NC(N)=O)c1ccc(CC)cc1C. The molecule has 0 heterocycles. The zero-order valence-electron chi connectivity index (χ0n) is 10.6. The van der Waals surface area contributed by atoms with E-state index in [0.717, 1.165) is 29.7 Å². The normalized spacial score (nSPS) is 11.4. The number of hydrogen-bond donors (Lipinski definition) is 2. The van der Waals surface area contributed by atoms with E-state index in [4.69, 9.17) is 5.73 Å². The summed E-state index contributed by atoms with van der Waals surface area (Å²) in [4.78, 5) is 10.6. The van der Waals surface area contributed by atoms with E-state index in [0.29, 0.717) is 0 Å². The number of nitrogens with two attached hydrogens (primary N) is 1. The van der Waals surface area contributed by atoms with Crippen molar-refractivity contribution in [2.45, 2.75) is 33.6 Å². The number of urea groups is 1. The highest BCUT2D eigenvalue weighted by atomic mass is 16.2. The van der Waals surface area contributed by atoms with Gasteiger partial charge in [0.1, 0.15) is 0 Å². The number of nitrogens with zero attached hydrogens (tertiary/aromatic N) is 1. The number of rotatable bonds is 4. The Kier molecular flexibility index (Phi) is 4.69. The number of hydrazone groups is 1. The third-order valence-corrected chi connectivity index (χ3v) is 2.65. The minimum Gasteiger partial charge on any atom is -0.350 e. The molecule has 1 aromatic carbocycles. The fraction of sp³-hybridized carbons (Fsp3) is 0.385. The highest BCUT2D eigenvalue weighted by molar-refractivity contribution is 6.02. The predicted molar refractivity (Wildman–Crippen MR) is 70.1 cm³/mol. The fourth-order valence-corrected chi connectivity index (χ4v) is 1.72. The summed E-state index contributed by atoms with van der Waals surface area (Å²) in [6.45, 7) is 6.16. The summed E-state index contributed by atoms with van der Waals surface area (Å²) in [5.41, 5.74) is 11.6. The molecule has 0 radical (unpaired) electrons. The van der Waals surface area contributed by atoms with E-state index in [1.54, 1.807) is 0 Å².